The van der Waals surface area contributed by atoms with Gasteiger partial charge in [-0.15, -0.1) is 0 Å². The van der Waals surface area contributed by atoms with Gasteiger partial charge in [0, 0.05) is 29.4 Å². The zero-order chi connectivity index (χ0) is 27.4. The van der Waals surface area contributed by atoms with Crippen molar-refractivity contribution in [2.24, 2.45) is 11.1 Å². The first-order valence-electron chi connectivity index (χ1n) is 13.2. The molecule has 0 fully saturated rings. The molecule has 6 rings (SSSR count). The smallest absolute Gasteiger partial charge is 0.248 e. The van der Waals surface area contributed by atoms with Crippen molar-refractivity contribution in [2.45, 2.75) is 77.2 Å². The average molecular weight is 508 g/mol. The van der Waals surface area contributed by atoms with Crippen LogP contribution in [0.4, 0.5) is 5.69 Å². The molecule has 0 saturated carbocycles. The normalized spacial score (nSPS) is 28.7. The molecule has 0 unspecified atom stereocenters. The van der Waals surface area contributed by atoms with Gasteiger partial charge in [0.15, 0.2) is 5.78 Å². The van der Waals surface area contributed by atoms with Gasteiger partial charge in [-0.2, -0.15) is 5.26 Å². The molecule has 0 aromatic heterocycles. The van der Waals surface area contributed by atoms with E-state index in [1.54, 1.807) is 0 Å². The van der Waals surface area contributed by atoms with Gasteiger partial charge in [-0.05, 0) is 43.7 Å². The lowest BCUT2D eigenvalue weighted by Crippen LogP contribution is -2.58. The van der Waals surface area contributed by atoms with E-state index in [0.717, 1.165) is 22.4 Å². The van der Waals surface area contributed by atoms with Crippen molar-refractivity contribution in [3.63, 3.8) is 0 Å². The van der Waals surface area contributed by atoms with Crippen LogP contribution in [-0.2, 0) is 25.2 Å². The van der Waals surface area contributed by atoms with Crippen LogP contribution in [0.3, 0.4) is 0 Å². The third kappa shape index (κ3) is 2.88. The van der Waals surface area contributed by atoms with E-state index in [1.165, 1.54) is 0 Å². The Morgan fingerprint density at radius 1 is 1.00 bits per heavy atom. The number of carbonyl (C=O) groups is 2. The number of hydrogen-bond donors (Lipinski definition) is 1. The number of aryl methyl sites for hydroxylation is 1. The summed E-state index contributed by atoms with van der Waals surface area (Å²) in [6.45, 7) is 12.4. The Kier molecular flexibility index (Phi) is 4.75. The molecule has 1 amide bonds. The van der Waals surface area contributed by atoms with E-state index in [1.807, 2.05) is 49.9 Å². The van der Waals surface area contributed by atoms with Crippen LogP contribution in [-0.4, -0.2) is 17.2 Å². The Morgan fingerprint density at radius 2 is 1.66 bits per heavy atom. The van der Waals surface area contributed by atoms with Crippen LogP contribution >= 0.6 is 0 Å². The highest BCUT2D eigenvalue weighted by atomic mass is 16.5. The highest BCUT2D eigenvalue weighted by molar-refractivity contribution is 6.21. The summed E-state index contributed by atoms with van der Waals surface area (Å²) in [7, 11) is 0. The average Bonchev–Trinajstić information content (AvgIpc) is 3.06. The van der Waals surface area contributed by atoms with Crippen LogP contribution in [0.1, 0.15) is 76.1 Å². The van der Waals surface area contributed by atoms with E-state index in [2.05, 4.69) is 45.0 Å². The summed E-state index contributed by atoms with van der Waals surface area (Å²) in [5.41, 5.74) is 8.34. The first kappa shape index (κ1) is 24.5. The lowest BCUT2D eigenvalue weighted by atomic mass is 9.61. The summed E-state index contributed by atoms with van der Waals surface area (Å²) < 4.78 is 5.98. The molecule has 6 nitrogen and oxygen atoms in total. The van der Waals surface area contributed by atoms with E-state index in [9.17, 15) is 14.9 Å². The first-order valence-corrected chi connectivity index (χ1v) is 13.2. The summed E-state index contributed by atoms with van der Waals surface area (Å²) in [5, 5.41) is 10.5. The van der Waals surface area contributed by atoms with Gasteiger partial charge in [0.2, 0.25) is 11.8 Å². The van der Waals surface area contributed by atoms with Crippen molar-refractivity contribution >= 4 is 17.4 Å². The van der Waals surface area contributed by atoms with Crippen molar-refractivity contribution in [1.82, 2.24) is 0 Å². The van der Waals surface area contributed by atoms with Crippen LogP contribution < -0.4 is 10.6 Å². The van der Waals surface area contributed by atoms with Crippen molar-refractivity contribution in [1.29, 1.82) is 5.26 Å². The summed E-state index contributed by atoms with van der Waals surface area (Å²) in [4.78, 5) is 30.7. The van der Waals surface area contributed by atoms with E-state index in [-0.39, 0.29) is 40.6 Å². The second-order valence-corrected chi connectivity index (χ2v) is 13.0. The molecule has 3 heterocycles. The summed E-state index contributed by atoms with van der Waals surface area (Å²) in [6.07, 6.45) is 1.40. The minimum Gasteiger partial charge on any atom is -0.444 e. The fraction of sp³-hybridized carbons (Fsp3) is 0.406. The number of fused-ring (bicyclic) bond motifs is 2. The fourth-order valence-corrected chi connectivity index (χ4v) is 7.68. The summed E-state index contributed by atoms with van der Waals surface area (Å²) in [5.74, 6) is -0.134. The van der Waals surface area contributed by atoms with E-state index < -0.39 is 16.4 Å². The molecule has 1 spiro atoms. The van der Waals surface area contributed by atoms with Gasteiger partial charge in [0.25, 0.3) is 0 Å². The van der Waals surface area contributed by atoms with Crippen LogP contribution in [0.15, 0.2) is 65.3 Å². The Morgan fingerprint density at radius 3 is 2.32 bits per heavy atom. The van der Waals surface area contributed by atoms with E-state index >= 15 is 0 Å². The molecule has 2 atom stereocenters. The molecular formula is C32H33N3O3. The predicted octanol–water partition coefficient (Wildman–Crippen LogP) is 5.44. The number of nitriles is 1. The van der Waals surface area contributed by atoms with Crippen LogP contribution in [0.5, 0.6) is 0 Å². The lowest BCUT2D eigenvalue weighted by molar-refractivity contribution is -0.126. The largest absolute Gasteiger partial charge is 0.444 e. The topological polar surface area (TPSA) is 96.4 Å². The number of ether oxygens (including phenoxy) is 1. The molecule has 0 saturated heterocycles. The van der Waals surface area contributed by atoms with E-state index in [4.69, 9.17) is 10.5 Å². The molecule has 38 heavy (non-hydrogen) atoms. The quantitative estimate of drug-likeness (QED) is 0.555. The number of anilines is 1. The number of benzene rings is 2. The van der Waals surface area contributed by atoms with Gasteiger partial charge < -0.3 is 15.4 Å². The minimum atomic E-state index is -1.62. The molecule has 0 radical (unpaired) electrons. The van der Waals surface area contributed by atoms with Crippen molar-refractivity contribution < 1.29 is 14.3 Å². The maximum Gasteiger partial charge on any atom is 0.248 e. The van der Waals surface area contributed by atoms with Crippen LogP contribution in [0.2, 0.25) is 0 Å². The van der Waals surface area contributed by atoms with Crippen molar-refractivity contribution in [3.8, 4) is 6.07 Å². The second kappa shape index (κ2) is 7.38. The van der Waals surface area contributed by atoms with Crippen molar-refractivity contribution in [2.75, 3.05) is 4.90 Å². The number of allylic oxidation sites excluding steroid dienone is 1. The number of ketones is 1. The van der Waals surface area contributed by atoms with Crippen molar-refractivity contribution in [3.05, 3.63) is 87.5 Å². The van der Waals surface area contributed by atoms with Crippen LogP contribution in [0, 0.1) is 23.7 Å². The van der Waals surface area contributed by atoms with Gasteiger partial charge in [-0.25, -0.2) is 0 Å². The molecule has 1 aliphatic carbocycles. The van der Waals surface area contributed by atoms with Gasteiger partial charge >= 0.3 is 0 Å². The third-order valence-electron chi connectivity index (χ3n) is 8.98. The zero-order valence-corrected chi connectivity index (χ0v) is 22.9. The standard InChI is InChI=1S/C32H33N3O3/c1-18-12-20-26-21(13-18)32(22(16-33)27(34)38-24-15-29(2,3)14-23(36)25(24)32)28(37)35(26)30(4,5)17-31(20,6)19-10-8-7-9-11-19/h7-13H,14-15,17,34H2,1-6H3/t31-,32+/m1/s1. The monoisotopic (exact) mass is 507 g/mol. The molecule has 3 aliphatic heterocycles. The molecule has 2 aromatic rings. The van der Waals surface area contributed by atoms with Gasteiger partial charge in [-0.1, -0.05) is 68.8 Å². The second-order valence-electron chi connectivity index (χ2n) is 13.0. The Bertz CT molecular complexity index is 1560. The van der Waals surface area contributed by atoms with E-state index in [0.29, 0.717) is 24.2 Å². The number of rotatable bonds is 1. The van der Waals surface area contributed by atoms with Crippen LogP contribution in [0.25, 0.3) is 0 Å². The summed E-state index contributed by atoms with van der Waals surface area (Å²) >= 11 is 0. The van der Waals surface area contributed by atoms with Gasteiger partial charge in [0.1, 0.15) is 22.8 Å². The molecule has 2 N–H and O–H groups in total. The molecule has 6 heteroatoms. The summed E-state index contributed by atoms with van der Waals surface area (Å²) in [6, 6.07) is 16.7. The number of nitrogens with two attached hydrogens (primary N) is 1. The highest BCUT2D eigenvalue weighted by Crippen LogP contribution is 2.63. The number of hydrogen-bond acceptors (Lipinski definition) is 5. The highest BCUT2D eigenvalue weighted by Gasteiger charge is 2.67. The van der Waals surface area contributed by atoms with Gasteiger partial charge in [-0.3, -0.25) is 9.59 Å². The first-order chi connectivity index (χ1) is 17.8. The zero-order valence-electron chi connectivity index (χ0n) is 22.9. The maximum absolute atomic E-state index is 15.0. The number of carbonyl (C=O) groups excluding carboxylic acids is 2. The molecule has 4 aliphatic rings. The Hall–Kier alpha value is -3.85. The lowest BCUT2D eigenvalue weighted by Gasteiger charge is -2.50. The number of amides is 1. The third-order valence-corrected chi connectivity index (χ3v) is 8.98. The number of nitrogens with zero attached hydrogens (tertiary/aromatic N) is 2. The molecule has 0 bridgehead atoms. The Balaban J connectivity index is 1.76. The molecular weight excluding hydrogens is 474 g/mol. The fourth-order valence-electron chi connectivity index (χ4n) is 7.68. The molecule has 194 valence electrons. The Labute approximate surface area is 223 Å². The maximum atomic E-state index is 15.0. The molecule has 2 aromatic carbocycles. The van der Waals surface area contributed by atoms with Gasteiger partial charge in [0.05, 0.1) is 11.3 Å². The number of Topliss-reactive ketones (excluding diaryl/α,β-unsaturated/α-hetero) is 1. The predicted molar refractivity (Wildman–Crippen MR) is 145 cm³/mol. The minimum absolute atomic E-state index is 0.00807. The SMILES string of the molecule is Cc1cc2c3c(c1)[C@@](C)(c1ccccc1)CC(C)(C)N3C(=O)[C@]21C(C#N)=C(N)OC2=C1C(=O)CC(C)(C)C2.